The molecule has 0 N–H and O–H groups in total. The number of unbranched alkanes of at least 4 members (excludes halogenated alkanes) is 1. The topological polar surface area (TPSA) is 36.9 Å². The van der Waals surface area contributed by atoms with Crippen LogP contribution in [0.4, 0.5) is 0 Å². The fraction of sp³-hybridized carbons (Fsp3) is 0.929. The average Bonchev–Trinajstić information content (AvgIpc) is 2.33. The predicted molar refractivity (Wildman–Crippen MR) is 72.7 cm³/mol. The van der Waals surface area contributed by atoms with Crippen molar-refractivity contribution in [1.29, 1.82) is 0 Å². The molecule has 0 fully saturated rings. The summed E-state index contributed by atoms with van der Waals surface area (Å²) in [7, 11) is 1.72. The number of methoxy groups -OCH3 is 1. The van der Waals surface area contributed by atoms with E-state index in [0.29, 0.717) is 32.3 Å². The first-order valence-electron chi connectivity index (χ1n) is 6.76. The van der Waals surface area contributed by atoms with Crippen LogP contribution in [-0.2, 0) is 18.9 Å². The van der Waals surface area contributed by atoms with Gasteiger partial charge in [-0.3, -0.25) is 0 Å². The summed E-state index contributed by atoms with van der Waals surface area (Å²) in [4.78, 5) is 0. The van der Waals surface area contributed by atoms with E-state index in [4.69, 9.17) is 18.9 Å². The smallest absolute Gasteiger partial charge is 0.0780 e. The Balaban J connectivity index is 3.14. The van der Waals surface area contributed by atoms with E-state index in [-0.39, 0.29) is 6.10 Å². The molecule has 4 heteroatoms. The predicted octanol–water partition coefficient (Wildman–Crippen LogP) is 2.32. The van der Waals surface area contributed by atoms with Gasteiger partial charge in [0.05, 0.1) is 25.9 Å². The van der Waals surface area contributed by atoms with Gasteiger partial charge in [-0.1, -0.05) is 6.92 Å². The highest BCUT2D eigenvalue weighted by Crippen LogP contribution is 1.97. The summed E-state index contributed by atoms with van der Waals surface area (Å²) in [6.07, 6.45) is 2.21. The lowest BCUT2D eigenvalue weighted by Crippen LogP contribution is -2.19. The minimum atomic E-state index is 0.138. The van der Waals surface area contributed by atoms with Gasteiger partial charge in [0.25, 0.3) is 0 Å². The van der Waals surface area contributed by atoms with Gasteiger partial charge in [-0.25, -0.2) is 0 Å². The molecule has 2 atom stereocenters. The summed E-state index contributed by atoms with van der Waals surface area (Å²) in [6.45, 7) is 12.0. The SMILES string of the molecule is [CH2-]C(C)COCCOCC(C)OCCCCOC. The molecule has 2 unspecified atom stereocenters. The third kappa shape index (κ3) is 13.9. The molecule has 0 saturated heterocycles. The first-order chi connectivity index (χ1) is 8.66. The Morgan fingerprint density at radius 2 is 1.50 bits per heavy atom. The fourth-order valence-corrected chi connectivity index (χ4v) is 1.33. The Hall–Kier alpha value is -0.160. The fourth-order valence-electron chi connectivity index (χ4n) is 1.33. The van der Waals surface area contributed by atoms with Gasteiger partial charge < -0.3 is 25.9 Å². The zero-order chi connectivity index (χ0) is 13.6. The molecule has 110 valence electrons. The molecule has 0 radical (unpaired) electrons. The Morgan fingerprint density at radius 3 is 2.11 bits per heavy atom. The normalized spacial score (nSPS) is 14.7. The van der Waals surface area contributed by atoms with Crippen molar-refractivity contribution in [2.45, 2.75) is 32.8 Å². The molecule has 0 heterocycles. The number of ether oxygens (including phenoxy) is 4. The number of hydrogen-bond donors (Lipinski definition) is 0. The van der Waals surface area contributed by atoms with Crippen LogP contribution in [0.15, 0.2) is 0 Å². The number of hydrogen-bond acceptors (Lipinski definition) is 4. The minimum Gasteiger partial charge on any atom is -0.385 e. The third-order valence-corrected chi connectivity index (χ3v) is 2.27. The maximum atomic E-state index is 5.60. The van der Waals surface area contributed by atoms with Crippen molar-refractivity contribution >= 4 is 0 Å². The Labute approximate surface area is 112 Å². The molecule has 0 aromatic carbocycles. The summed E-state index contributed by atoms with van der Waals surface area (Å²) in [6, 6.07) is 0. The van der Waals surface area contributed by atoms with Gasteiger partial charge in [0.15, 0.2) is 0 Å². The van der Waals surface area contributed by atoms with Gasteiger partial charge in [0.2, 0.25) is 0 Å². The highest BCUT2D eigenvalue weighted by molar-refractivity contribution is 4.51. The van der Waals surface area contributed by atoms with E-state index in [9.17, 15) is 0 Å². The molecule has 0 aliphatic heterocycles. The second-order valence-corrected chi connectivity index (χ2v) is 4.64. The van der Waals surface area contributed by atoms with E-state index in [1.807, 2.05) is 13.8 Å². The summed E-state index contributed by atoms with van der Waals surface area (Å²) in [5.41, 5.74) is 0. The van der Waals surface area contributed by atoms with Gasteiger partial charge in [-0.2, -0.15) is 0 Å². The van der Waals surface area contributed by atoms with Crippen LogP contribution in [0.3, 0.4) is 0 Å². The molecule has 0 aliphatic rings. The third-order valence-electron chi connectivity index (χ3n) is 2.27. The van der Waals surface area contributed by atoms with Crippen LogP contribution in [0.5, 0.6) is 0 Å². The maximum absolute atomic E-state index is 5.60. The Morgan fingerprint density at radius 1 is 0.889 bits per heavy atom. The van der Waals surface area contributed by atoms with E-state index in [1.165, 1.54) is 0 Å². The van der Waals surface area contributed by atoms with Crippen molar-refractivity contribution in [1.82, 2.24) is 0 Å². The second kappa shape index (κ2) is 13.3. The van der Waals surface area contributed by atoms with Crippen molar-refractivity contribution in [2.24, 2.45) is 5.92 Å². The van der Waals surface area contributed by atoms with Crippen molar-refractivity contribution in [3.63, 3.8) is 0 Å². The van der Waals surface area contributed by atoms with Crippen molar-refractivity contribution in [3.05, 3.63) is 6.92 Å². The molecule has 0 bridgehead atoms. The first-order valence-corrected chi connectivity index (χ1v) is 6.76. The van der Waals surface area contributed by atoms with Gasteiger partial charge in [0, 0.05) is 26.9 Å². The second-order valence-electron chi connectivity index (χ2n) is 4.64. The Bertz CT molecular complexity index is 162. The zero-order valence-corrected chi connectivity index (χ0v) is 12.2. The molecule has 0 saturated carbocycles. The molecular formula is C14H29O4-. The lowest BCUT2D eigenvalue weighted by atomic mass is 10.2. The molecule has 0 aliphatic carbocycles. The maximum Gasteiger partial charge on any atom is 0.0780 e. The highest BCUT2D eigenvalue weighted by Gasteiger charge is 2.01. The van der Waals surface area contributed by atoms with E-state index in [2.05, 4.69) is 6.92 Å². The molecular weight excluding hydrogens is 232 g/mol. The van der Waals surface area contributed by atoms with Crippen LogP contribution in [0.2, 0.25) is 0 Å². The molecule has 0 aromatic heterocycles. The molecule has 0 aromatic rings. The van der Waals surface area contributed by atoms with E-state index >= 15 is 0 Å². The summed E-state index contributed by atoms with van der Waals surface area (Å²) < 4.78 is 21.4. The minimum absolute atomic E-state index is 0.138. The van der Waals surface area contributed by atoms with Crippen LogP contribution in [0.1, 0.15) is 26.7 Å². The zero-order valence-electron chi connectivity index (χ0n) is 12.2. The van der Waals surface area contributed by atoms with E-state index in [1.54, 1.807) is 7.11 Å². The van der Waals surface area contributed by atoms with Crippen molar-refractivity contribution in [3.8, 4) is 0 Å². The van der Waals surface area contributed by atoms with Crippen molar-refractivity contribution in [2.75, 3.05) is 46.8 Å². The van der Waals surface area contributed by atoms with E-state index < -0.39 is 0 Å². The van der Waals surface area contributed by atoms with Gasteiger partial charge in [-0.15, -0.1) is 5.92 Å². The summed E-state index contributed by atoms with van der Waals surface area (Å²) >= 11 is 0. The summed E-state index contributed by atoms with van der Waals surface area (Å²) in [5.74, 6) is 0.333. The van der Waals surface area contributed by atoms with Crippen LogP contribution in [0, 0.1) is 12.8 Å². The van der Waals surface area contributed by atoms with Crippen LogP contribution >= 0.6 is 0 Å². The van der Waals surface area contributed by atoms with Gasteiger partial charge in [-0.05, 0) is 19.8 Å². The standard InChI is InChI=1S/C14H29O4/c1-13(2)11-16-9-10-17-12-14(3)18-8-6-5-7-15-4/h13-14H,1,5-12H2,2-4H3/q-1. The van der Waals surface area contributed by atoms with Crippen LogP contribution < -0.4 is 0 Å². The molecule has 4 nitrogen and oxygen atoms in total. The highest BCUT2D eigenvalue weighted by atomic mass is 16.5. The Kier molecular flexibility index (Phi) is 13.2. The molecule has 0 rings (SSSR count). The van der Waals surface area contributed by atoms with Crippen LogP contribution in [-0.4, -0.2) is 52.9 Å². The quantitative estimate of drug-likeness (QED) is 0.376. The largest absolute Gasteiger partial charge is 0.385 e. The number of rotatable bonds is 13. The van der Waals surface area contributed by atoms with Crippen molar-refractivity contribution < 1.29 is 18.9 Å². The van der Waals surface area contributed by atoms with Gasteiger partial charge >= 0.3 is 0 Å². The lowest BCUT2D eigenvalue weighted by molar-refractivity contribution is -0.0264. The molecule has 18 heavy (non-hydrogen) atoms. The summed E-state index contributed by atoms with van der Waals surface area (Å²) in [5, 5.41) is 0. The average molecular weight is 261 g/mol. The van der Waals surface area contributed by atoms with Crippen LogP contribution in [0.25, 0.3) is 0 Å². The first kappa shape index (κ1) is 17.8. The van der Waals surface area contributed by atoms with Gasteiger partial charge in [0.1, 0.15) is 0 Å². The molecule has 0 spiro atoms. The lowest BCUT2D eigenvalue weighted by Gasteiger charge is -2.14. The molecule has 0 amide bonds. The monoisotopic (exact) mass is 261 g/mol. The van der Waals surface area contributed by atoms with E-state index in [0.717, 1.165) is 26.1 Å².